The van der Waals surface area contributed by atoms with Crippen molar-refractivity contribution in [1.82, 2.24) is 14.9 Å². The summed E-state index contributed by atoms with van der Waals surface area (Å²) in [5, 5.41) is 1.96. The summed E-state index contributed by atoms with van der Waals surface area (Å²) in [5.74, 6) is 2.59. The molecule has 0 N–H and O–H groups in total. The van der Waals surface area contributed by atoms with E-state index in [-0.39, 0.29) is 0 Å². The predicted octanol–water partition coefficient (Wildman–Crippen LogP) is 5.89. The number of aryl methyl sites for hydroxylation is 1. The highest BCUT2D eigenvalue weighted by Gasteiger charge is 2.25. The Labute approximate surface area is 212 Å². The molecule has 0 bridgehead atoms. The van der Waals surface area contributed by atoms with Crippen molar-refractivity contribution >= 4 is 28.5 Å². The zero-order valence-corrected chi connectivity index (χ0v) is 22.2. The van der Waals surface area contributed by atoms with Crippen molar-refractivity contribution in [3.63, 3.8) is 0 Å². The van der Waals surface area contributed by atoms with Crippen molar-refractivity contribution < 1.29 is 9.53 Å². The molecule has 2 saturated carbocycles. The first kappa shape index (κ1) is 24.4. The molecular weight excluding hydrogens is 462 g/mol. The lowest BCUT2D eigenvalue weighted by Crippen LogP contribution is -2.30. The molecule has 7 heteroatoms. The molecule has 0 unspecified atom stereocenters. The smallest absolute Gasteiger partial charge is 0.273 e. The van der Waals surface area contributed by atoms with E-state index < -0.39 is 0 Å². The summed E-state index contributed by atoms with van der Waals surface area (Å²) in [4.78, 5) is 26.8. The third-order valence-corrected chi connectivity index (χ3v) is 10.1. The molecule has 0 amide bonds. The maximum Gasteiger partial charge on any atom is 0.273 e. The van der Waals surface area contributed by atoms with E-state index in [9.17, 15) is 4.79 Å². The first-order valence-corrected chi connectivity index (χ1v) is 15.0. The standard InChI is InChI=1S/C27H39N3O2S2/c1-19-28-17-24(33-19)16-23(31)15-21-7-5-20(6-8-21)9-12-30-13-10-25-26(11-14-30)34-27(29-25)32-18-22-3-2-4-22/h17,20-22H,2-16,18H2,1H3. The largest absolute Gasteiger partial charge is 0.470 e. The number of nitrogens with zero attached hydrogens (tertiary/aromatic N) is 3. The Kier molecular flexibility index (Phi) is 8.33. The fourth-order valence-electron chi connectivity index (χ4n) is 5.68. The summed E-state index contributed by atoms with van der Waals surface area (Å²) in [6.07, 6.45) is 15.8. The number of thiazole rings is 2. The molecule has 186 valence electrons. The average molecular weight is 502 g/mol. The van der Waals surface area contributed by atoms with Gasteiger partial charge >= 0.3 is 0 Å². The van der Waals surface area contributed by atoms with Crippen molar-refractivity contribution in [3.8, 4) is 5.19 Å². The number of carbonyl (C=O) groups excluding carboxylic acids is 1. The molecule has 0 spiro atoms. The summed E-state index contributed by atoms with van der Waals surface area (Å²) in [7, 11) is 0. The van der Waals surface area contributed by atoms with Crippen LogP contribution >= 0.6 is 22.7 Å². The Morgan fingerprint density at radius 2 is 1.85 bits per heavy atom. The van der Waals surface area contributed by atoms with Crippen LogP contribution in [0.3, 0.4) is 0 Å². The minimum atomic E-state index is 0.398. The Morgan fingerprint density at radius 3 is 2.59 bits per heavy atom. The van der Waals surface area contributed by atoms with E-state index in [1.165, 1.54) is 68.5 Å². The number of hydrogen-bond donors (Lipinski definition) is 0. The fraction of sp³-hybridized carbons (Fsp3) is 0.741. The third-order valence-electron chi connectivity index (χ3n) is 8.12. The van der Waals surface area contributed by atoms with Crippen LogP contribution in [0.4, 0.5) is 0 Å². The topological polar surface area (TPSA) is 55.3 Å². The number of hydrogen-bond acceptors (Lipinski definition) is 7. The molecule has 1 aliphatic heterocycles. The van der Waals surface area contributed by atoms with Crippen LogP contribution in [0.2, 0.25) is 0 Å². The van der Waals surface area contributed by atoms with Crippen LogP contribution in [0.25, 0.3) is 0 Å². The van der Waals surface area contributed by atoms with Crippen LogP contribution < -0.4 is 4.74 Å². The first-order chi connectivity index (χ1) is 16.6. The van der Waals surface area contributed by atoms with Crippen molar-refractivity contribution in [2.75, 3.05) is 26.2 Å². The molecule has 5 nitrogen and oxygen atoms in total. The van der Waals surface area contributed by atoms with Gasteiger partial charge in [0, 0.05) is 48.3 Å². The van der Waals surface area contributed by atoms with Gasteiger partial charge in [-0.3, -0.25) is 4.79 Å². The van der Waals surface area contributed by atoms with Gasteiger partial charge in [-0.2, -0.15) is 0 Å². The number of fused-ring (bicyclic) bond motifs is 1. The number of ketones is 1. The monoisotopic (exact) mass is 501 g/mol. The Bertz CT molecular complexity index is 918. The molecule has 2 aromatic heterocycles. The van der Waals surface area contributed by atoms with Gasteiger partial charge in [-0.25, -0.2) is 9.97 Å². The molecule has 2 aromatic rings. The summed E-state index contributed by atoms with van der Waals surface area (Å²) in [5.41, 5.74) is 1.29. The highest BCUT2D eigenvalue weighted by atomic mass is 32.1. The van der Waals surface area contributed by atoms with Gasteiger partial charge in [0.2, 0.25) is 0 Å². The number of carbonyl (C=O) groups is 1. The number of Topliss-reactive ketones (excluding diaryl/α,β-unsaturated/α-hetero) is 1. The normalized spacial score (nSPS) is 23.8. The predicted molar refractivity (Wildman–Crippen MR) is 139 cm³/mol. The molecule has 34 heavy (non-hydrogen) atoms. The van der Waals surface area contributed by atoms with Crippen LogP contribution in [0.5, 0.6) is 5.19 Å². The minimum Gasteiger partial charge on any atom is -0.470 e. The lowest BCUT2D eigenvalue weighted by Gasteiger charge is -2.30. The second-order valence-corrected chi connectivity index (χ2v) is 13.1. The summed E-state index contributed by atoms with van der Waals surface area (Å²) in [6.45, 7) is 6.35. The number of rotatable bonds is 10. The Balaban J connectivity index is 0.980. The maximum absolute atomic E-state index is 12.5. The zero-order chi connectivity index (χ0) is 23.3. The molecule has 0 radical (unpaired) electrons. The van der Waals surface area contributed by atoms with Gasteiger partial charge in [0.1, 0.15) is 5.78 Å². The maximum atomic E-state index is 12.5. The number of ether oxygens (including phenoxy) is 1. The minimum absolute atomic E-state index is 0.398. The van der Waals surface area contributed by atoms with Crippen molar-refractivity contribution in [2.45, 2.75) is 84.0 Å². The highest BCUT2D eigenvalue weighted by Crippen LogP contribution is 2.34. The van der Waals surface area contributed by atoms with Gasteiger partial charge < -0.3 is 9.64 Å². The van der Waals surface area contributed by atoms with Gasteiger partial charge in [0.15, 0.2) is 0 Å². The molecule has 2 fully saturated rings. The van der Waals surface area contributed by atoms with E-state index in [0.29, 0.717) is 18.1 Å². The molecule has 2 aliphatic carbocycles. The summed E-state index contributed by atoms with van der Waals surface area (Å²) in [6, 6.07) is 0. The van der Waals surface area contributed by atoms with Crippen molar-refractivity contribution in [1.29, 1.82) is 0 Å². The van der Waals surface area contributed by atoms with Gasteiger partial charge in [0.05, 0.1) is 17.3 Å². The SMILES string of the molecule is Cc1ncc(CC(=O)CC2CCC(CCN3CCc4nc(OCC5CCC5)sc4CC3)CC2)s1. The Morgan fingerprint density at radius 1 is 1.06 bits per heavy atom. The zero-order valence-electron chi connectivity index (χ0n) is 20.6. The van der Waals surface area contributed by atoms with E-state index >= 15 is 0 Å². The van der Waals surface area contributed by atoms with Gasteiger partial charge in [-0.15, -0.1) is 11.3 Å². The third kappa shape index (κ3) is 6.67. The molecule has 3 aliphatic rings. The van der Waals surface area contributed by atoms with E-state index in [1.807, 2.05) is 13.1 Å². The average Bonchev–Trinajstić information content (AvgIpc) is 3.33. The molecular formula is C27H39N3O2S2. The van der Waals surface area contributed by atoms with Crippen molar-refractivity contribution in [3.05, 3.63) is 26.7 Å². The van der Waals surface area contributed by atoms with E-state index in [1.54, 1.807) is 22.7 Å². The molecule has 0 aromatic carbocycles. The van der Waals surface area contributed by atoms with E-state index in [0.717, 1.165) is 65.9 Å². The van der Waals surface area contributed by atoms with Gasteiger partial charge in [0.25, 0.3) is 5.19 Å². The van der Waals surface area contributed by atoms with Crippen molar-refractivity contribution in [2.24, 2.45) is 17.8 Å². The molecule has 3 heterocycles. The van der Waals surface area contributed by atoms with Gasteiger partial charge in [-0.05, 0) is 69.7 Å². The quantitative estimate of drug-likeness (QED) is 0.407. The molecule has 5 rings (SSSR count). The van der Waals surface area contributed by atoms with Gasteiger partial charge in [-0.1, -0.05) is 30.6 Å². The Hall–Kier alpha value is -1.31. The summed E-state index contributed by atoms with van der Waals surface area (Å²) >= 11 is 3.45. The van der Waals surface area contributed by atoms with Crippen LogP contribution in [-0.4, -0.2) is 46.9 Å². The lowest BCUT2D eigenvalue weighted by atomic mass is 9.78. The first-order valence-electron chi connectivity index (χ1n) is 13.4. The molecule has 0 saturated heterocycles. The van der Waals surface area contributed by atoms with E-state index in [4.69, 9.17) is 9.72 Å². The summed E-state index contributed by atoms with van der Waals surface area (Å²) < 4.78 is 5.99. The van der Waals surface area contributed by atoms with Crippen LogP contribution in [0.15, 0.2) is 6.20 Å². The van der Waals surface area contributed by atoms with E-state index in [2.05, 4.69) is 9.88 Å². The van der Waals surface area contributed by atoms with Crippen LogP contribution in [0.1, 0.15) is 78.2 Å². The number of aromatic nitrogens is 2. The fourth-order valence-corrected chi connectivity index (χ4v) is 7.46. The molecule has 0 atom stereocenters. The highest BCUT2D eigenvalue weighted by molar-refractivity contribution is 7.13. The lowest BCUT2D eigenvalue weighted by molar-refractivity contribution is -0.119. The van der Waals surface area contributed by atoms with Crippen LogP contribution in [0, 0.1) is 24.7 Å². The van der Waals surface area contributed by atoms with Crippen LogP contribution in [-0.2, 0) is 24.1 Å². The second kappa shape index (κ2) is 11.6. The second-order valence-electron chi connectivity index (χ2n) is 10.7.